The molecule has 1 aromatic heterocycles. The maximum atomic E-state index is 4.28. The second-order valence-corrected chi connectivity index (χ2v) is 4.65. The molecule has 3 nitrogen and oxygen atoms in total. The van der Waals surface area contributed by atoms with Crippen LogP contribution in [0.5, 0.6) is 0 Å². The fourth-order valence-corrected chi connectivity index (χ4v) is 2.94. The smallest absolute Gasteiger partial charge is 0.0492 e. The van der Waals surface area contributed by atoms with Crippen LogP contribution in [0.2, 0.25) is 0 Å². The van der Waals surface area contributed by atoms with Crippen LogP contribution in [0.25, 0.3) is 0 Å². The number of hydrogen-bond donors (Lipinski definition) is 1. The minimum absolute atomic E-state index is 0.432. The maximum absolute atomic E-state index is 4.28. The molecule has 1 N–H and O–H groups in total. The van der Waals surface area contributed by atoms with Gasteiger partial charge in [0.05, 0.1) is 0 Å². The Hall–Kier alpha value is -0.830. The third-order valence-corrected chi connectivity index (χ3v) is 3.85. The monoisotopic (exact) mass is 191 g/mol. The van der Waals surface area contributed by atoms with E-state index in [0.29, 0.717) is 11.5 Å². The largest absolute Gasteiger partial charge is 0.313 e. The van der Waals surface area contributed by atoms with Crippen LogP contribution in [0.15, 0.2) is 12.3 Å². The van der Waals surface area contributed by atoms with E-state index in [2.05, 4.69) is 23.5 Å². The van der Waals surface area contributed by atoms with Crippen molar-refractivity contribution in [3.05, 3.63) is 18.0 Å². The summed E-state index contributed by atoms with van der Waals surface area (Å²) in [5, 5.41) is 7.92. The van der Waals surface area contributed by atoms with Gasteiger partial charge >= 0.3 is 0 Å². The van der Waals surface area contributed by atoms with E-state index < -0.39 is 0 Å². The molecular weight excluding hydrogens is 174 g/mol. The normalized spacial score (nSPS) is 29.4. The van der Waals surface area contributed by atoms with Crippen LogP contribution in [0, 0.1) is 0 Å². The van der Waals surface area contributed by atoms with Gasteiger partial charge in [0.15, 0.2) is 0 Å². The maximum Gasteiger partial charge on any atom is 0.0492 e. The number of rotatable bonds is 2. The number of aryl methyl sites for hydroxylation is 1. The van der Waals surface area contributed by atoms with Gasteiger partial charge in [-0.05, 0) is 38.3 Å². The van der Waals surface area contributed by atoms with Gasteiger partial charge < -0.3 is 5.32 Å². The Kier molecular flexibility index (Phi) is 1.71. The van der Waals surface area contributed by atoms with Gasteiger partial charge in [0.25, 0.3) is 0 Å². The summed E-state index contributed by atoms with van der Waals surface area (Å²) in [5.41, 5.74) is 1.86. The molecule has 1 aromatic rings. The topological polar surface area (TPSA) is 29.9 Å². The molecule has 1 aliphatic carbocycles. The summed E-state index contributed by atoms with van der Waals surface area (Å²) < 4.78 is 2.05. The molecule has 3 heteroatoms. The molecule has 1 atom stereocenters. The van der Waals surface area contributed by atoms with Crippen LogP contribution in [0.3, 0.4) is 0 Å². The Balaban J connectivity index is 1.93. The highest BCUT2D eigenvalue weighted by atomic mass is 15.3. The van der Waals surface area contributed by atoms with E-state index in [1.54, 1.807) is 0 Å². The molecule has 1 saturated heterocycles. The molecule has 1 unspecified atom stereocenters. The van der Waals surface area contributed by atoms with Gasteiger partial charge in [-0.25, -0.2) is 0 Å². The van der Waals surface area contributed by atoms with E-state index in [4.69, 9.17) is 0 Å². The van der Waals surface area contributed by atoms with Gasteiger partial charge in [0.2, 0.25) is 0 Å². The van der Waals surface area contributed by atoms with Crippen molar-refractivity contribution >= 4 is 0 Å². The Bertz CT molecular complexity index is 332. The fraction of sp³-hybridized carbons (Fsp3) is 0.727. The van der Waals surface area contributed by atoms with Crippen molar-refractivity contribution in [3.63, 3.8) is 0 Å². The minimum atomic E-state index is 0.432. The first-order valence-corrected chi connectivity index (χ1v) is 5.55. The van der Waals surface area contributed by atoms with Gasteiger partial charge in [0.1, 0.15) is 0 Å². The zero-order valence-electron chi connectivity index (χ0n) is 8.66. The van der Waals surface area contributed by atoms with Crippen molar-refractivity contribution in [1.82, 2.24) is 15.1 Å². The summed E-state index contributed by atoms with van der Waals surface area (Å²) in [6, 6.07) is 2.89. The molecule has 0 radical (unpaired) electrons. The van der Waals surface area contributed by atoms with E-state index in [9.17, 15) is 0 Å². The van der Waals surface area contributed by atoms with Crippen LogP contribution in [0.4, 0.5) is 0 Å². The standard InChI is InChI=1S/C11H17N3/c1-14-10(4-8-13-14)11(5-6-11)9-3-2-7-12-9/h4,8-9,12H,2-3,5-7H2,1H3. The summed E-state index contributed by atoms with van der Waals surface area (Å²) in [7, 11) is 2.06. The summed E-state index contributed by atoms with van der Waals surface area (Å²) in [6.07, 6.45) is 7.27. The van der Waals surface area contributed by atoms with E-state index in [1.165, 1.54) is 37.9 Å². The van der Waals surface area contributed by atoms with Gasteiger partial charge in [-0.15, -0.1) is 0 Å². The molecule has 3 rings (SSSR count). The lowest BCUT2D eigenvalue weighted by Gasteiger charge is -2.23. The minimum Gasteiger partial charge on any atom is -0.313 e. The molecule has 2 heterocycles. The van der Waals surface area contributed by atoms with Gasteiger partial charge in [-0.1, -0.05) is 0 Å². The fourth-order valence-electron chi connectivity index (χ4n) is 2.94. The van der Waals surface area contributed by atoms with Crippen molar-refractivity contribution in [2.24, 2.45) is 7.05 Å². The van der Waals surface area contributed by atoms with Crippen molar-refractivity contribution in [3.8, 4) is 0 Å². The summed E-state index contributed by atoms with van der Waals surface area (Å²) >= 11 is 0. The van der Waals surface area contributed by atoms with E-state index in [-0.39, 0.29) is 0 Å². The third-order valence-electron chi connectivity index (χ3n) is 3.85. The first-order chi connectivity index (χ1) is 6.83. The average molecular weight is 191 g/mol. The van der Waals surface area contributed by atoms with Crippen LogP contribution < -0.4 is 5.32 Å². The number of hydrogen-bond acceptors (Lipinski definition) is 2. The zero-order chi connectivity index (χ0) is 9.60. The van der Waals surface area contributed by atoms with Crippen molar-refractivity contribution in [2.75, 3.05) is 6.54 Å². The van der Waals surface area contributed by atoms with E-state index >= 15 is 0 Å². The van der Waals surface area contributed by atoms with Gasteiger partial charge in [0, 0.05) is 30.4 Å². The van der Waals surface area contributed by atoms with Crippen LogP contribution >= 0.6 is 0 Å². The Morgan fingerprint density at radius 2 is 2.43 bits per heavy atom. The molecule has 14 heavy (non-hydrogen) atoms. The number of nitrogens with zero attached hydrogens (tertiary/aromatic N) is 2. The molecular formula is C11H17N3. The lowest BCUT2D eigenvalue weighted by molar-refractivity contribution is 0.445. The molecule has 76 valence electrons. The quantitative estimate of drug-likeness (QED) is 0.761. The predicted octanol–water partition coefficient (Wildman–Crippen LogP) is 1.20. The molecule has 2 fully saturated rings. The zero-order valence-corrected chi connectivity index (χ0v) is 8.66. The molecule has 0 bridgehead atoms. The Labute approximate surface area is 84.5 Å². The molecule has 1 saturated carbocycles. The van der Waals surface area contributed by atoms with Gasteiger partial charge in [-0.3, -0.25) is 4.68 Å². The average Bonchev–Trinajstić information content (AvgIpc) is 2.69. The second kappa shape index (κ2) is 2.83. The highest BCUT2D eigenvalue weighted by Crippen LogP contribution is 2.52. The molecule has 0 amide bonds. The molecule has 0 spiro atoms. The molecule has 1 aliphatic heterocycles. The van der Waals surface area contributed by atoms with Crippen molar-refractivity contribution < 1.29 is 0 Å². The van der Waals surface area contributed by atoms with Crippen molar-refractivity contribution in [1.29, 1.82) is 0 Å². The van der Waals surface area contributed by atoms with Crippen LogP contribution in [-0.2, 0) is 12.5 Å². The first kappa shape index (κ1) is 8.48. The first-order valence-electron chi connectivity index (χ1n) is 5.55. The summed E-state index contributed by atoms with van der Waals surface area (Å²) in [5.74, 6) is 0. The second-order valence-electron chi connectivity index (χ2n) is 4.65. The Morgan fingerprint density at radius 1 is 1.57 bits per heavy atom. The highest BCUT2D eigenvalue weighted by molar-refractivity contribution is 5.28. The van der Waals surface area contributed by atoms with Crippen molar-refractivity contribution in [2.45, 2.75) is 37.1 Å². The Morgan fingerprint density at radius 3 is 2.93 bits per heavy atom. The lowest BCUT2D eigenvalue weighted by atomic mass is 9.91. The SMILES string of the molecule is Cn1nccc1C1(C2CCCN2)CC1. The lowest BCUT2D eigenvalue weighted by Crippen LogP contribution is -2.36. The molecule has 0 aromatic carbocycles. The van der Waals surface area contributed by atoms with Gasteiger partial charge in [-0.2, -0.15) is 5.10 Å². The van der Waals surface area contributed by atoms with Crippen LogP contribution in [-0.4, -0.2) is 22.4 Å². The molecule has 2 aliphatic rings. The number of nitrogens with one attached hydrogen (secondary N) is 1. The summed E-state index contributed by atoms with van der Waals surface area (Å²) in [4.78, 5) is 0. The van der Waals surface area contributed by atoms with Crippen LogP contribution in [0.1, 0.15) is 31.4 Å². The summed E-state index contributed by atoms with van der Waals surface area (Å²) in [6.45, 7) is 1.20. The number of aromatic nitrogens is 2. The third kappa shape index (κ3) is 1.05. The predicted molar refractivity (Wildman–Crippen MR) is 55.1 cm³/mol. The van der Waals surface area contributed by atoms with E-state index in [0.717, 1.165) is 0 Å². The van der Waals surface area contributed by atoms with E-state index in [1.807, 2.05) is 10.9 Å². The highest BCUT2D eigenvalue weighted by Gasteiger charge is 2.52.